The Kier molecular flexibility index (Phi) is 12.4. The quantitative estimate of drug-likeness (QED) is 0.139. The molecule has 168 valence electrons. The molecule has 0 fully saturated rings. The van der Waals surface area contributed by atoms with E-state index in [4.69, 9.17) is 0 Å². The van der Waals surface area contributed by atoms with Gasteiger partial charge in [0.05, 0.1) is 0 Å². The van der Waals surface area contributed by atoms with Crippen molar-refractivity contribution < 1.29 is 23.0 Å². The van der Waals surface area contributed by atoms with Crippen LogP contribution in [-0.2, 0) is 23.0 Å². The van der Waals surface area contributed by atoms with Crippen LogP contribution in [-0.4, -0.2) is 5.49 Å². The molecule has 5 aromatic rings. The molecule has 0 atom stereocenters. The molecule has 1 aliphatic carbocycles. The fraction of sp³-hybridized carbons (Fsp3) is 0.0333. The summed E-state index contributed by atoms with van der Waals surface area (Å²) in [5.74, 6) is 0. The zero-order valence-corrected chi connectivity index (χ0v) is 25.0. The van der Waals surface area contributed by atoms with Gasteiger partial charge < -0.3 is 0 Å². The van der Waals surface area contributed by atoms with Gasteiger partial charge in [-0.2, -0.15) is 6.08 Å². The summed E-state index contributed by atoms with van der Waals surface area (Å²) in [6.45, 7) is 0. The van der Waals surface area contributed by atoms with Gasteiger partial charge >= 0.3 is 99.5 Å². The van der Waals surface area contributed by atoms with E-state index >= 15 is 0 Å². The molecule has 6 rings (SSSR count). The molecule has 0 heterocycles. The van der Waals surface area contributed by atoms with Crippen molar-refractivity contribution in [3.8, 4) is 0 Å². The summed E-state index contributed by atoms with van der Waals surface area (Å²) < 4.78 is 0. The van der Waals surface area contributed by atoms with Gasteiger partial charge in [-0.25, -0.2) is 12.2 Å². The zero-order valence-electron chi connectivity index (χ0n) is 18.7. The predicted octanol–water partition coefficient (Wildman–Crippen LogP) is 7.20. The van der Waals surface area contributed by atoms with Gasteiger partial charge in [-0.05, 0) is 0 Å². The third-order valence-corrected chi connectivity index (χ3v) is 13.3. The Balaban J connectivity index is 0.000000191. The molecule has 0 bridgehead atoms. The second-order valence-electron chi connectivity index (χ2n) is 7.43. The molecule has 4 heteroatoms. The summed E-state index contributed by atoms with van der Waals surface area (Å²) in [4.78, 5) is 0. The van der Waals surface area contributed by atoms with Crippen molar-refractivity contribution in [3.05, 3.63) is 140 Å². The fourth-order valence-electron chi connectivity index (χ4n) is 3.62. The number of allylic oxidation sites excluding steroid dienone is 4. The minimum atomic E-state index is -0.406. The van der Waals surface area contributed by atoms with Gasteiger partial charge in [0.15, 0.2) is 0 Å². The van der Waals surface area contributed by atoms with Crippen LogP contribution in [0.5, 0.6) is 0 Å². The Morgan fingerprint density at radius 2 is 1.06 bits per heavy atom. The van der Waals surface area contributed by atoms with Crippen LogP contribution in [0.2, 0.25) is 0 Å². The number of hydrogen-bond acceptors (Lipinski definition) is 0. The second-order valence-corrected chi connectivity index (χ2v) is 14.7. The first-order valence-electron chi connectivity index (χ1n) is 10.8. The largest absolute Gasteiger partial charge is 0.126 e. The van der Waals surface area contributed by atoms with Crippen LogP contribution in [0.4, 0.5) is 0 Å². The molecule has 0 nitrogen and oxygen atoms in total. The summed E-state index contributed by atoms with van der Waals surface area (Å²) in [6.07, 6.45) is 10.0. The molecule has 0 N–H and O–H groups in total. The molecule has 0 spiro atoms. The molecule has 5 aromatic carbocycles. The average molecular weight is 664 g/mol. The first kappa shape index (κ1) is 28.1. The van der Waals surface area contributed by atoms with Crippen molar-refractivity contribution >= 4 is 62.2 Å². The van der Waals surface area contributed by atoms with Crippen molar-refractivity contribution in [1.82, 2.24) is 0 Å². The maximum atomic E-state index is 2.99. The van der Waals surface area contributed by atoms with E-state index in [0.717, 1.165) is 6.42 Å². The van der Waals surface area contributed by atoms with Crippen LogP contribution in [0.15, 0.2) is 133 Å². The maximum absolute atomic E-state index is 2.99. The normalized spacial score (nSPS) is 10.9. The molecule has 0 radical (unpaired) electrons. The van der Waals surface area contributed by atoms with Crippen LogP contribution >= 0.6 is 24.8 Å². The van der Waals surface area contributed by atoms with Crippen molar-refractivity contribution in [3.63, 3.8) is 0 Å². The molecule has 0 amide bonds. The number of rotatable bonds is 2. The minimum absolute atomic E-state index is 0. The Morgan fingerprint density at radius 3 is 1.44 bits per heavy atom. The summed E-state index contributed by atoms with van der Waals surface area (Å²) in [5, 5.41) is 8.47. The third-order valence-electron chi connectivity index (χ3n) is 5.23. The van der Waals surface area contributed by atoms with Crippen molar-refractivity contribution in [2.45, 2.75) is 6.42 Å². The Hall–Kier alpha value is -2.10. The zero-order chi connectivity index (χ0) is 22.0. The SMILES string of the molecule is Cl.Cl.[C-]1=CC=CC1.[Hf+2]=[Si](c1ccccc1)c1ccccc1.c1ccc2c(c1)[cH-]c1ccccc12. The fourth-order valence-corrected chi connectivity index (χ4v) is 8.60. The van der Waals surface area contributed by atoms with Gasteiger partial charge in [0.25, 0.3) is 0 Å². The molecule has 1 aliphatic rings. The first-order chi connectivity index (χ1) is 15.8. The number of halogens is 2. The van der Waals surface area contributed by atoms with Crippen molar-refractivity contribution in [2.24, 2.45) is 0 Å². The number of hydrogen-bond donors (Lipinski definition) is 0. The van der Waals surface area contributed by atoms with Crippen LogP contribution in [0.1, 0.15) is 6.42 Å². The van der Waals surface area contributed by atoms with E-state index < -0.39 is 5.49 Å². The van der Waals surface area contributed by atoms with Crippen LogP contribution in [0, 0.1) is 6.08 Å². The molecule has 0 aliphatic heterocycles. The van der Waals surface area contributed by atoms with Gasteiger partial charge in [0, 0.05) is 0 Å². The summed E-state index contributed by atoms with van der Waals surface area (Å²) in [7, 11) is 0. The monoisotopic (exact) mass is 664 g/mol. The Bertz CT molecular complexity index is 1250. The molecule has 0 saturated carbocycles. The smallest absolute Gasteiger partial charge is 0.0771 e. The maximum Gasteiger partial charge on any atom is -0.0771 e. The van der Waals surface area contributed by atoms with Crippen LogP contribution < -0.4 is 10.4 Å². The van der Waals surface area contributed by atoms with E-state index in [0.29, 0.717) is 0 Å². The second kappa shape index (κ2) is 15.0. The van der Waals surface area contributed by atoms with Gasteiger partial charge in [-0.1, -0.05) is 36.4 Å². The topological polar surface area (TPSA) is 0 Å². The van der Waals surface area contributed by atoms with Gasteiger partial charge in [0.2, 0.25) is 0 Å². The molecular weight excluding hydrogens is 638 g/mol. The molecule has 34 heavy (non-hydrogen) atoms. The van der Waals surface area contributed by atoms with E-state index in [2.05, 4.69) is 127 Å². The van der Waals surface area contributed by atoms with Gasteiger partial charge in [0.1, 0.15) is 0 Å². The molecule has 0 unspecified atom stereocenters. The summed E-state index contributed by atoms with van der Waals surface area (Å²) in [6, 6.07) is 41.0. The predicted molar refractivity (Wildman–Crippen MR) is 151 cm³/mol. The molecular formula is C30H26Cl2HfSi. The summed E-state index contributed by atoms with van der Waals surface area (Å²) in [5.41, 5.74) is -0.406. The standard InChI is InChI=1S/C13H9.C12H10Si.C5H5.2ClH.Hf/c1-3-7-12-10(5-1)9-11-6-2-4-8-13(11)12;1-3-7-11(8-4-1)13-12-9-5-2-6-10-12;1-2-4-5-3-1;;;/h1-9H;1-10H;1-3H,4H2;2*1H;/q-1;;-1;;;+2. The van der Waals surface area contributed by atoms with Gasteiger partial charge in [-0.3, -0.25) is 6.08 Å². The van der Waals surface area contributed by atoms with Crippen molar-refractivity contribution in [2.75, 3.05) is 0 Å². The molecule has 0 saturated heterocycles. The van der Waals surface area contributed by atoms with Crippen LogP contribution in [0.25, 0.3) is 21.5 Å². The van der Waals surface area contributed by atoms with E-state index in [1.165, 1.54) is 54.9 Å². The summed E-state index contributed by atoms with van der Waals surface area (Å²) >= 11 is 1.27. The minimum Gasteiger partial charge on any atom is -0.126 e. The first-order valence-corrected chi connectivity index (χ1v) is 17.7. The van der Waals surface area contributed by atoms with Gasteiger partial charge in [-0.15, -0.1) is 71.0 Å². The molecule has 0 aromatic heterocycles. The van der Waals surface area contributed by atoms with E-state index in [-0.39, 0.29) is 24.8 Å². The Labute approximate surface area is 229 Å². The third kappa shape index (κ3) is 7.71. The van der Waals surface area contributed by atoms with Crippen LogP contribution in [0.3, 0.4) is 0 Å². The van der Waals surface area contributed by atoms with E-state index in [1.54, 1.807) is 0 Å². The van der Waals surface area contributed by atoms with E-state index in [1.807, 2.05) is 12.2 Å². The Morgan fingerprint density at radius 1 is 0.618 bits per heavy atom. The average Bonchev–Trinajstić information content (AvgIpc) is 3.57. The number of benzene rings is 4. The van der Waals surface area contributed by atoms with E-state index in [9.17, 15) is 0 Å². The number of fused-ring (bicyclic) bond motifs is 3. The van der Waals surface area contributed by atoms with Crippen molar-refractivity contribution in [1.29, 1.82) is 0 Å².